The maximum Gasteiger partial charge on any atom is 0.416 e. The predicted octanol–water partition coefficient (Wildman–Crippen LogP) is 6.70. The number of alkyl halides is 3. The Kier molecular flexibility index (Phi) is 7.96. The molecule has 0 bridgehead atoms. The normalized spacial score (nSPS) is 14.5. The number of anilines is 1. The highest BCUT2D eigenvalue weighted by Crippen LogP contribution is 2.38. The third-order valence-corrected chi connectivity index (χ3v) is 6.69. The maximum absolute atomic E-state index is 13.0. The first kappa shape index (κ1) is 28.4. The summed E-state index contributed by atoms with van der Waals surface area (Å²) in [5.74, 6) is -1.60. The van der Waals surface area contributed by atoms with Gasteiger partial charge in [0, 0.05) is 11.8 Å². The molecule has 3 amide bonds. The molecule has 0 radical (unpaired) electrons. The van der Waals surface area contributed by atoms with Crippen LogP contribution in [0.2, 0.25) is 0 Å². The van der Waals surface area contributed by atoms with Gasteiger partial charge in [0.1, 0.15) is 12.3 Å². The molecule has 1 aliphatic rings. The molecule has 1 aliphatic heterocycles. The van der Waals surface area contributed by atoms with Crippen molar-refractivity contribution in [1.82, 2.24) is 4.90 Å². The molecule has 0 unspecified atom stereocenters. The number of carbonyl (C=O) groups is 3. The number of halogens is 3. The van der Waals surface area contributed by atoms with Crippen molar-refractivity contribution in [2.24, 2.45) is 0 Å². The van der Waals surface area contributed by atoms with Crippen molar-refractivity contribution in [3.8, 4) is 11.5 Å². The zero-order valence-electron chi connectivity index (χ0n) is 20.9. The molecule has 1 heterocycles. The Balaban J connectivity index is 1.50. The van der Waals surface area contributed by atoms with Crippen molar-refractivity contribution < 1.29 is 37.2 Å². The second-order valence-corrected chi connectivity index (χ2v) is 9.69. The molecule has 13 heteroatoms. The van der Waals surface area contributed by atoms with Crippen LogP contribution in [-0.2, 0) is 15.8 Å². The molecule has 4 rings (SSSR count). The molecule has 0 saturated carbocycles. The zero-order chi connectivity index (χ0) is 29.2. The van der Waals surface area contributed by atoms with E-state index in [1.807, 2.05) is 32.0 Å². The molecule has 1 fully saturated rings. The lowest BCUT2D eigenvalue weighted by Crippen LogP contribution is -2.36. The van der Waals surface area contributed by atoms with Gasteiger partial charge in [0.25, 0.3) is 11.1 Å². The number of para-hydroxylation sites is 1. The molecule has 9 nitrogen and oxygen atoms in total. The predicted molar refractivity (Wildman–Crippen MR) is 142 cm³/mol. The zero-order valence-corrected chi connectivity index (χ0v) is 21.8. The summed E-state index contributed by atoms with van der Waals surface area (Å²) in [6.45, 7) is 3.15. The lowest BCUT2D eigenvalue weighted by Gasteiger charge is -2.15. The van der Waals surface area contributed by atoms with Crippen molar-refractivity contribution in [2.45, 2.75) is 20.0 Å². The molecule has 1 saturated heterocycles. The topological polar surface area (TPSA) is 119 Å². The van der Waals surface area contributed by atoms with Crippen LogP contribution in [0.4, 0.5) is 29.3 Å². The van der Waals surface area contributed by atoms with Crippen LogP contribution in [0.25, 0.3) is 6.08 Å². The Bertz CT molecular complexity index is 1550. The summed E-state index contributed by atoms with van der Waals surface area (Å²) in [6.07, 6.45) is -3.39. The number of benzene rings is 3. The van der Waals surface area contributed by atoms with Crippen LogP contribution in [0.5, 0.6) is 11.5 Å². The highest BCUT2D eigenvalue weighted by Gasteiger charge is 2.36. The van der Waals surface area contributed by atoms with E-state index in [-0.39, 0.29) is 10.7 Å². The van der Waals surface area contributed by atoms with Gasteiger partial charge in [0.15, 0.2) is 0 Å². The van der Waals surface area contributed by atoms with Crippen LogP contribution in [-0.4, -0.2) is 33.4 Å². The lowest BCUT2D eigenvalue weighted by molar-refractivity contribution is -0.385. The van der Waals surface area contributed by atoms with E-state index < -0.39 is 51.7 Å². The van der Waals surface area contributed by atoms with Gasteiger partial charge < -0.3 is 10.1 Å². The van der Waals surface area contributed by atoms with Crippen molar-refractivity contribution in [3.63, 3.8) is 0 Å². The number of hydrogen-bond acceptors (Lipinski definition) is 7. The third-order valence-electron chi connectivity index (χ3n) is 5.79. The molecule has 0 spiro atoms. The molecular formula is C27H20F3N3O6S. The van der Waals surface area contributed by atoms with E-state index in [9.17, 15) is 37.7 Å². The molecule has 206 valence electrons. The van der Waals surface area contributed by atoms with E-state index in [4.69, 9.17) is 4.74 Å². The van der Waals surface area contributed by atoms with Gasteiger partial charge in [-0.1, -0.05) is 30.3 Å². The number of amides is 3. The molecule has 40 heavy (non-hydrogen) atoms. The number of nitro benzene ring substituents is 1. The highest BCUT2D eigenvalue weighted by molar-refractivity contribution is 8.18. The minimum absolute atomic E-state index is 0.0301. The summed E-state index contributed by atoms with van der Waals surface area (Å²) in [7, 11) is 0. The highest BCUT2D eigenvalue weighted by atomic mass is 32.2. The van der Waals surface area contributed by atoms with Gasteiger partial charge in [-0.25, -0.2) is 0 Å². The number of carbonyl (C=O) groups excluding carboxylic acids is 3. The average Bonchev–Trinajstić information content (AvgIpc) is 3.13. The summed E-state index contributed by atoms with van der Waals surface area (Å²) in [5.41, 5.74) is 0.550. The molecule has 3 aromatic carbocycles. The number of nitrogens with zero attached hydrogens (tertiary/aromatic N) is 2. The van der Waals surface area contributed by atoms with Crippen LogP contribution in [0, 0.1) is 24.0 Å². The Hall–Kier alpha value is -4.65. The smallest absolute Gasteiger partial charge is 0.416 e. The molecule has 0 aliphatic carbocycles. The number of ether oxygens (including phenoxy) is 1. The molecule has 1 N–H and O–H groups in total. The van der Waals surface area contributed by atoms with Crippen molar-refractivity contribution in [3.05, 3.63) is 97.9 Å². The fraction of sp³-hybridized carbons (Fsp3) is 0.148. The molecule has 3 aromatic rings. The standard InChI is InChI=1S/C27H20F3N3O6S/c1-15-5-3-6-16(2)24(15)31-23(34)14-32-25(35)22(40-26(32)36)12-17-7-4-8-19(11-17)39-21-10-9-18(27(28,29)30)13-20(21)33(37)38/h3-13H,14H2,1-2H3,(H,31,34)/b22-12+. The van der Waals surface area contributed by atoms with Gasteiger partial charge in [-0.15, -0.1) is 0 Å². The quantitative estimate of drug-likeness (QED) is 0.190. The Morgan fingerprint density at radius 3 is 2.40 bits per heavy atom. The number of rotatable bonds is 7. The van der Waals surface area contributed by atoms with Gasteiger partial charge in [-0.05, 0) is 72.6 Å². The summed E-state index contributed by atoms with van der Waals surface area (Å²) < 4.78 is 44.4. The van der Waals surface area contributed by atoms with Gasteiger partial charge in [-0.2, -0.15) is 13.2 Å². The van der Waals surface area contributed by atoms with E-state index in [1.165, 1.54) is 24.3 Å². The van der Waals surface area contributed by atoms with Crippen LogP contribution >= 0.6 is 11.8 Å². The molecule has 0 aromatic heterocycles. The van der Waals surface area contributed by atoms with Crippen LogP contribution in [0.1, 0.15) is 22.3 Å². The summed E-state index contributed by atoms with van der Waals surface area (Å²) in [5, 5.41) is 13.4. The first-order valence-corrected chi connectivity index (χ1v) is 12.4. The summed E-state index contributed by atoms with van der Waals surface area (Å²) in [4.78, 5) is 49.2. The van der Waals surface area contributed by atoms with E-state index >= 15 is 0 Å². The number of nitrogens with one attached hydrogen (secondary N) is 1. The Morgan fingerprint density at radius 1 is 1.07 bits per heavy atom. The van der Waals surface area contributed by atoms with E-state index in [0.29, 0.717) is 35.1 Å². The number of hydrogen-bond donors (Lipinski definition) is 1. The average molecular weight is 572 g/mol. The fourth-order valence-corrected chi connectivity index (χ4v) is 4.68. The first-order valence-electron chi connectivity index (χ1n) is 11.6. The Morgan fingerprint density at radius 2 is 1.75 bits per heavy atom. The molecular weight excluding hydrogens is 551 g/mol. The Labute approximate surface area is 229 Å². The van der Waals surface area contributed by atoms with Crippen molar-refractivity contribution >= 4 is 46.3 Å². The van der Waals surface area contributed by atoms with Gasteiger partial charge >= 0.3 is 11.9 Å². The number of imide groups is 1. The summed E-state index contributed by atoms with van der Waals surface area (Å²) >= 11 is 0.633. The van der Waals surface area contributed by atoms with Gasteiger partial charge in [0.2, 0.25) is 11.7 Å². The SMILES string of the molecule is Cc1cccc(C)c1NC(=O)CN1C(=O)S/C(=C/c2cccc(Oc3ccc(C(F)(F)F)cc3[N+](=O)[O-])c2)C1=O. The second kappa shape index (κ2) is 11.2. The molecule has 0 atom stereocenters. The van der Waals surface area contributed by atoms with Crippen LogP contribution < -0.4 is 10.1 Å². The largest absolute Gasteiger partial charge is 0.450 e. The van der Waals surface area contributed by atoms with Crippen molar-refractivity contribution in [1.29, 1.82) is 0 Å². The van der Waals surface area contributed by atoms with Gasteiger partial charge in [-0.3, -0.25) is 29.4 Å². The summed E-state index contributed by atoms with van der Waals surface area (Å²) in [6, 6.07) is 13.2. The lowest BCUT2D eigenvalue weighted by atomic mass is 10.1. The van der Waals surface area contributed by atoms with Crippen LogP contribution in [0.15, 0.2) is 65.6 Å². The van der Waals surface area contributed by atoms with E-state index in [2.05, 4.69) is 5.32 Å². The number of nitro groups is 1. The third kappa shape index (κ3) is 6.31. The minimum atomic E-state index is -4.77. The number of thioether (sulfide) groups is 1. The second-order valence-electron chi connectivity index (χ2n) is 8.69. The van der Waals surface area contributed by atoms with Crippen LogP contribution in [0.3, 0.4) is 0 Å². The fourth-order valence-electron chi connectivity index (χ4n) is 3.84. The van der Waals surface area contributed by atoms with E-state index in [1.54, 1.807) is 6.07 Å². The van der Waals surface area contributed by atoms with Gasteiger partial charge in [0.05, 0.1) is 15.4 Å². The minimum Gasteiger partial charge on any atom is -0.450 e. The first-order chi connectivity index (χ1) is 18.8. The maximum atomic E-state index is 13.0. The van der Waals surface area contributed by atoms with E-state index in [0.717, 1.165) is 22.1 Å². The monoisotopic (exact) mass is 571 g/mol. The number of aryl methyl sites for hydroxylation is 2. The van der Waals surface area contributed by atoms with Crippen molar-refractivity contribution in [2.75, 3.05) is 11.9 Å².